The van der Waals surface area contributed by atoms with Crippen LogP contribution < -0.4 is 10.1 Å². The lowest BCUT2D eigenvalue weighted by atomic mass is 10.2. The standard InChI is InChI=1S/C11H12BrNO4.C3H8O2S/c1-16-9-5-7(3-4-8(9)12)11(15)13-6-10(14)17-2;1-3-6(2,4)5/h3-5H,6H2,1-2H3,(H,13,15);3H2,1-2H3. The Balaban J connectivity index is 0.000000688. The highest BCUT2D eigenvalue weighted by molar-refractivity contribution is 9.10. The van der Waals surface area contributed by atoms with Gasteiger partial charge in [0.05, 0.1) is 18.7 Å². The number of carbonyl (C=O) groups excluding carboxylic acids is 2. The van der Waals surface area contributed by atoms with Gasteiger partial charge in [0.15, 0.2) is 0 Å². The number of halogens is 1. The number of amides is 1. The number of carbonyl (C=O) groups is 2. The molecule has 9 heteroatoms. The smallest absolute Gasteiger partial charge is 0.325 e. The van der Waals surface area contributed by atoms with Crippen molar-refractivity contribution in [1.82, 2.24) is 5.32 Å². The van der Waals surface area contributed by atoms with E-state index < -0.39 is 15.8 Å². The molecule has 0 saturated carbocycles. The summed E-state index contributed by atoms with van der Waals surface area (Å²) >= 11 is 3.28. The molecule has 1 rings (SSSR count). The first-order valence-electron chi connectivity index (χ1n) is 6.50. The van der Waals surface area contributed by atoms with Crippen LogP contribution in [-0.2, 0) is 19.4 Å². The maximum absolute atomic E-state index is 11.7. The van der Waals surface area contributed by atoms with Crippen LogP contribution in [0.3, 0.4) is 0 Å². The molecule has 0 aliphatic carbocycles. The maximum atomic E-state index is 11.7. The van der Waals surface area contributed by atoms with Crippen molar-refractivity contribution in [2.24, 2.45) is 0 Å². The van der Waals surface area contributed by atoms with Gasteiger partial charge in [-0.1, -0.05) is 6.92 Å². The Morgan fingerprint density at radius 3 is 2.26 bits per heavy atom. The van der Waals surface area contributed by atoms with E-state index in [-0.39, 0.29) is 18.2 Å². The second-order valence-electron chi connectivity index (χ2n) is 4.32. The molecule has 1 amide bonds. The van der Waals surface area contributed by atoms with Crippen LogP contribution >= 0.6 is 15.9 Å². The number of nitrogens with one attached hydrogen (secondary N) is 1. The zero-order valence-electron chi connectivity index (χ0n) is 13.4. The predicted octanol–water partition coefficient (Wildman–Crippen LogP) is 1.41. The zero-order chi connectivity index (χ0) is 18.0. The van der Waals surface area contributed by atoms with E-state index in [9.17, 15) is 18.0 Å². The summed E-state index contributed by atoms with van der Waals surface area (Å²) < 4.78 is 30.2. The van der Waals surface area contributed by atoms with Crippen molar-refractivity contribution in [2.75, 3.05) is 32.8 Å². The predicted molar refractivity (Wildman–Crippen MR) is 90.4 cm³/mol. The van der Waals surface area contributed by atoms with Crippen molar-refractivity contribution in [1.29, 1.82) is 0 Å². The van der Waals surface area contributed by atoms with Gasteiger partial charge < -0.3 is 14.8 Å². The number of sulfone groups is 1. The highest BCUT2D eigenvalue weighted by Crippen LogP contribution is 2.25. The molecule has 0 radical (unpaired) electrons. The summed E-state index contributed by atoms with van der Waals surface area (Å²) in [4.78, 5) is 22.5. The largest absolute Gasteiger partial charge is 0.496 e. The minimum absolute atomic E-state index is 0.159. The average molecular weight is 410 g/mol. The second-order valence-corrected chi connectivity index (χ2v) is 7.61. The molecule has 0 aliphatic rings. The van der Waals surface area contributed by atoms with Gasteiger partial charge in [-0.15, -0.1) is 0 Å². The fourth-order valence-corrected chi connectivity index (χ4v) is 1.54. The Kier molecular flexibility index (Phi) is 9.50. The summed E-state index contributed by atoms with van der Waals surface area (Å²) in [6.45, 7) is 1.46. The van der Waals surface area contributed by atoms with E-state index >= 15 is 0 Å². The van der Waals surface area contributed by atoms with Crippen molar-refractivity contribution in [3.63, 3.8) is 0 Å². The number of hydrogen-bond acceptors (Lipinski definition) is 6. The SMILES string of the molecule is CCS(C)(=O)=O.COC(=O)CNC(=O)c1ccc(Br)c(OC)c1. The molecule has 1 N–H and O–H groups in total. The molecule has 0 fully saturated rings. The topological polar surface area (TPSA) is 98.8 Å². The first-order valence-corrected chi connectivity index (χ1v) is 9.36. The lowest BCUT2D eigenvalue weighted by molar-refractivity contribution is -0.139. The molecule has 0 bridgehead atoms. The average Bonchev–Trinajstić information content (AvgIpc) is 2.52. The molecule has 0 atom stereocenters. The minimum atomic E-state index is -2.66. The van der Waals surface area contributed by atoms with E-state index in [1.807, 2.05) is 0 Å². The molecule has 1 aromatic carbocycles. The molecule has 7 nitrogen and oxygen atoms in total. The Hall–Kier alpha value is -1.61. The summed E-state index contributed by atoms with van der Waals surface area (Å²) in [7, 11) is 0.109. The van der Waals surface area contributed by atoms with Gasteiger partial charge in [-0.05, 0) is 34.1 Å². The third-order valence-electron chi connectivity index (χ3n) is 2.56. The van der Waals surface area contributed by atoms with Crippen LogP contribution in [0.25, 0.3) is 0 Å². The normalized spacial score (nSPS) is 10.1. The zero-order valence-corrected chi connectivity index (χ0v) is 15.8. The summed E-state index contributed by atoms with van der Waals surface area (Å²) in [5.74, 6) is -0.0631. The summed E-state index contributed by atoms with van der Waals surface area (Å²) in [5, 5.41) is 2.44. The van der Waals surface area contributed by atoms with E-state index in [0.717, 1.165) is 4.47 Å². The highest BCUT2D eigenvalue weighted by Gasteiger charge is 2.10. The van der Waals surface area contributed by atoms with Gasteiger partial charge in [-0.3, -0.25) is 9.59 Å². The molecule has 23 heavy (non-hydrogen) atoms. The van der Waals surface area contributed by atoms with Gasteiger partial charge in [0, 0.05) is 17.6 Å². The van der Waals surface area contributed by atoms with E-state index in [1.54, 1.807) is 25.1 Å². The molecule has 0 heterocycles. The van der Waals surface area contributed by atoms with Crippen molar-refractivity contribution < 1.29 is 27.5 Å². The van der Waals surface area contributed by atoms with Crippen molar-refractivity contribution in [2.45, 2.75) is 6.92 Å². The first-order chi connectivity index (χ1) is 10.6. The molecule has 0 saturated heterocycles. The lowest BCUT2D eigenvalue weighted by Crippen LogP contribution is -2.30. The van der Waals surface area contributed by atoms with Crippen LogP contribution in [0.5, 0.6) is 5.75 Å². The number of benzene rings is 1. The molecule has 130 valence electrons. The van der Waals surface area contributed by atoms with E-state index in [2.05, 4.69) is 26.0 Å². The number of ether oxygens (including phenoxy) is 2. The monoisotopic (exact) mass is 409 g/mol. The van der Waals surface area contributed by atoms with Crippen LogP contribution in [-0.4, -0.2) is 53.1 Å². The first kappa shape index (κ1) is 21.4. The molecule has 1 aromatic rings. The fraction of sp³-hybridized carbons (Fsp3) is 0.429. The molecule has 0 spiro atoms. The second kappa shape index (κ2) is 10.2. The van der Waals surface area contributed by atoms with Crippen LogP contribution in [0.1, 0.15) is 17.3 Å². The van der Waals surface area contributed by atoms with Crippen LogP contribution in [0.15, 0.2) is 22.7 Å². The number of methoxy groups -OCH3 is 2. The lowest BCUT2D eigenvalue weighted by Gasteiger charge is -2.07. The van der Waals surface area contributed by atoms with Crippen LogP contribution in [0, 0.1) is 0 Å². The summed E-state index contributed by atoms with van der Waals surface area (Å²) in [5.41, 5.74) is 0.411. The number of rotatable bonds is 5. The van der Waals surface area contributed by atoms with E-state index in [4.69, 9.17) is 4.74 Å². The highest BCUT2D eigenvalue weighted by atomic mass is 79.9. The Bertz CT molecular complexity index is 645. The van der Waals surface area contributed by atoms with Gasteiger partial charge >= 0.3 is 5.97 Å². The van der Waals surface area contributed by atoms with E-state index in [1.165, 1.54) is 20.5 Å². The molecule has 0 aliphatic heterocycles. The van der Waals surface area contributed by atoms with Gasteiger partial charge in [0.25, 0.3) is 5.91 Å². The Morgan fingerprint density at radius 2 is 1.83 bits per heavy atom. The van der Waals surface area contributed by atoms with Crippen LogP contribution in [0.4, 0.5) is 0 Å². The maximum Gasteiger partial charge on any atom is 0.325 e. The van der Waals surface area contributed by atoms with Gasteiger partial charge in [-0.25, -0.2) is 8.42 Å². The Morgan fingerprint density at radius 1 is 1.26 bits per heavy atom. The summed E-state index contributed by atoms with van der Waals surface area (Å²) in [6.07, 6.45) is 1.22. The summed E-state index contributed by atoms with van der Waals surface area (Å²) in [6, 6.07) is 4.90. The Labute approximate surface area is 144 Å². The van der Waals surface area contributed by atoms with Crippen molar-refractivity contribution in [3.8, 4) is 5.75 Å². The molecular formula is C14H20BrNO6S. The fourth-order valence-electron chi connectivity index (χ4n) is 1.13. The number of hydrogen-bond donors (Lipinski definition) is 1. The van der Waals surface area contributed by atoms with E-state index in [0.29, 0.717) is 11.3 Å². The quantitative estimate of drug-likeness (QED) is 0.738. The molecular weight excluding hydrogens is 390 g/mol. The number of esters is 1. The van der Waals surface area contributed by atoms with Crippen molar-refractivity contribution >= 4 is 37.6 Å². The minimum Gasteiger partial charge on any atom is -0.496 e. The van der Waals surface area contributed by atoms with Crippen molar-refractivity contribution in [3.05, 3.63) is 28.2 Å². The third-order valence-corrected chi connectivity index (χ3v) is 4.26. The van der Waals surface area contributed by atoms with Gasteiger partial charge in [0.1, 0.15) is 22.1 Å². The van der Waals surface area contributed by atoms with Gasteiger partial charge in [-0.2, -0.15) is 0 Å². The van der Waals surface area contributed by atoms with Crippen LogP contribution in [0.2, 0.25) is 0 Å². The third kappa shape index (κ3) is 9.19. The van der Waals surface area contributed by atoms with Gasteiger partial charge in [0.2, 0.25) is 0 Å². The molecule has 0 unspecified atom stereocenters. The molecule has 0 aromatic heterocycles.